The van der Waals surface area contributed by atoms with Crippen molar-refractivity contribution in [1.82, 2.24) is 4.98 Å². The largest absolute Gasteiger partial charge is 0.479 e. The Hall–Kier alpha value is -2.21. The first-order chi connectivity index (χ1) is 11.4. The van der Waals surface area contributed by atoms with E-state index >= 15 is 0 Å². The van der Waals surface area contributed by atoms with Crippen LogP contribution in [0.4, 0.5) is 4.39 Å². The number of pyridine rings is 1. The standard InChI is InChI=1S/C18H18FNO3S/c1-23-18-17(19)10-13(11-20-18)16-5-3-4-15(16)12-6-8-14(9-7-12)24(2,21)22/h6-11H,3-5H2,1-2H3. The first kappa shape index (κ1) is 16.6. The van der Waals surface area contributed by atoms with Gasteiger partial charge in [-0.05, 0) is 59.7 Å². The summed E-state index contributed by atoms with van der Waals surface area (Å²) in [6.45, 7) is 0. The van der Waals surface area contributed by atoms with Crippen LogP contribution in [0.15, 0.2) is 41.4 Å². The number of aromatic nitrogens is 1. The van der Waals surface area contributed by atoms with E-state index < -0.39 is 15.7 Å². The summed E-state index contributed by atoms with van der Waals surface area (Å²) in [6, 6.07) is 8.28. The minimum absolute atomic E-state index is 0.0172. The summed E-state index contributed by atoms with van der Waals surface area (Å²) in [5.74, 6) is -0.502. The van der Waals surface area contributed by atoms with Crippen LogP contribution in [0.1, 0.15) is 30.4 Å². The third-order valence-corrected chi connectivity index (χ3v) is 5.33. The van der Waals surface area contributed by atoms with Gasteiger partial charge in [0.25, 0.3) is 0 Å². The molecule has 1 aromatic heterocycles. The molecule has 0 unspecified atom stereocenters. The smallest absolute Gasteiger partial charge is 0.250 e. The highest BCUT2D eigenvalue weighted by molar-refractivity contribution is 7.90. The minimum Gasteiger partial charge on any atom is -0.479 e. The van der Waals surface area contributed by atoms with Crippen molar-refractivity contribution in [2.75, 3.05) is 13.4 Å². The van der Waals surface area contributed by atoms with E-state index in [2.05, 4.69) is 4.98 Å². The van der Waals surface area contributed by atoms with Crippen molar-refractivity contribution in [2.45, 2.75) is 24.2 Å². The molecule has 0 saturated heterocycles. The molecular formula is C18H18FNO3S. The van der Waals surface area contributed by atoms with Crippen LogP contribution in [0.3, 0.4) is 0 Å². The van der Waals surface area contributed by atoms with Gasteiger partial charge >= 0.3 is 0 Å². The lowest BCUT2D eigenvalue weighted by atomic mass is 9.98. The molecule has 0 fully saturated rings. The van der Waals surface area contributed by atoms with Crippen molar-refractivity contribution in [3.05, 3.63) is 53.5 Å². The number of sulfone groups is 1. The second kappa shape index (κ2) is 6.36. The van der Waals surface area contributed by atoms with Crippen molar-refractivity contribution in [1.29, 1.82) is 0 Å². The Bertz CT molecular complexity index is 902. The van der Waals surface area contributed by atoms with E-state index in [4.69, 9.17) is 4.74 Å². The number of benzene rings is 1. The molecular weight excluding hydrogens is 329 g/mol. The van der Waals surface area contributed by atoms with Crippen LogP contribution in [0, 0.1) is 5.82 Å². The van der Waals surface area contributed by atoms with Crippen molar-refractivity contribution >= 4 is 21.0 Å². The van der Waals surface area contributed by atoms with Crippen LogP contribution < -0.4 is 4.74 Å². The molecule has 0 spiro atoms. The summed E-state index contributed by atoms with van der Waals surface area (Å²) >= 11 is 0. The van der Waals surface area contributed by atoms with Gasteiger partial charge in [0, 0.05) is 12.5 Å². The van der Waals surface area contributed by atoms with Crippen molar-refractivity contribution in [2.24, 2.45) is 0 Å². The van der Waals surface area contributed by atoms with Gasteiger partial charge in [0.15, 0.2) is 15.7 Å². The monoisotopic (exact) mass is 347 g/mol. The Kier molecular flexibility index (Phi) is 4.41. The third-order valence-electron chi connectivity index (χ3n) is 4.20. The van der Waals surface area contributed by atoms with E-state index in [1.54, 1.807) is 18.3 Å². The Morgan fingerprint density at radius 2 is 1.71 bits per heavy atom. The lowest BCUT2D eigenvalue weighted by Crippen LogP contribution is -1.97. The highest BCUT2D eigenvalue weighted by atomic mass is 32.2. The van der Waals surface area contributed by atoms with Gasteiger partial charge < -0.3 is 4.74 Å². The molecule has 0 atom stereocenters. The highest BCUT2D eigenvalue weighted by Gasteiger charge is 2.20. The molecule has 1 aliphatic rings. The Balaban J connectivity index is 2.02. The maximum atomic E-state index is 13.9. The number of nitrogens with zero attached hydrogens (tertiary/aromatic N) is 1. The van der Waals surface area contributed by atoms with Crippen LogP contribution in [-0.2, 0) is 9.84 Å². The molecule has 0 bridgehead atoms. The topological polar surface area (TPSA) is 56.3 Å². The van der Waals surface area contributed by atoms with Crippen molar-refractivity contribution in [3.8, 4) is 5.88 Å². The van der Waals surface area contributed by atoms with E-state index in [-0.39, 0.29) is 5.88 Å². The van der Waals surface area contributed by atoms with Crippen molar-refractivity contribution < 1.29 is 17.5 Å². The predicted octanol–water partition coefficient (Wildman–Crippen LogP) is 3.73. The van der Waals surface area contributed by atoms with Gasteiger partial charge in [-0.1, -0.05) is 12.1 Å². The zero-order chi connectivity index (χ0) is 17.3. The molecule has 3 rings (SSSR count). The number of allylic oxidation sites excluding steroid dienone is 2. The van der Waals surface area contributed by atoms with E-state index in [1.807, 2.05) is 12.1 Å². The quantitative estimate of drug-likeness (QED) is 0.846. The van der Waals surface area contributed by atoms with Gasteiger partial charge in [0.2, 0.25) is 5.88 Å². The molecule has 1 aromatic carbocycles. The lowest BCUT2D eigenvalue weighted by molar-refractivity contribution is 0.369. The molecule has 4 nitrogen and oxygen atoms in total. The molecule has 6 heteroatoms. The normalized spacial score (nSPS) is 15.0. The van der Waals surface area contributed by atoms with Crippen molar-refractivity contribution in [3.63, 3.8) is 0 Å². The van der Waals surface area contributed by atoms with Crippen LogP contribution in [-0.4, -0.2) is 26.8 Å². The molecule has 24 heavy (non-hydrogen) atoms. The Labute approximate surface area is 140 Å². The molecule has 1 heterocycles. The SMILES string of the molecule is COc1ncc(C2=C(c3ccc(S(C)(=O)=O)cc3)CCC2)cc1F. The van der Waals surface area contributed by atoms with Crippen LogP contribution >= 0.6 is 0 Å². The number of hydrogen-bond donors (Lipinski definition) is 0. The molecule has 0 radical (unpaired) electrons. The number of hydrogen-bond acceptors (Lipinski definition) is 4. The minimum atomic E-state index is -3.21. The highest BCUT2D eigenvalue weighted by Crippen LogP contribution is 2.40. The average Bonchev–Trinajstić information content (AvgIpc) is 3.03. The van der Waals surface area contributed by atoms with Gasteiger partial charge in [-0.2, -0.15) is 0 Å². The number of ether oxygens (including phenoxy) is 1. The fourth-order valence-corrected chi connectivity index (χ4v) is 3.66. The lowest BCUT2D eigenvalue weighted by Gasteiger charge is -2.10. The molecule has 2 aromatic rings. The van der Waals surface area contributed by atoms with Gasteiger partial charge in [-0.25, -0.2) is 17.8 Å². The summed E-state index contributed by atoms with van der Waals surface area (Å²) in [6.07, 6.45) is 5.51. The third kappa shape index (κ3) is 3.19. The molecule has 1 aliphatic carbocycles. The average molecular weight is 347 g/mol. The molecule has 0 aliphatic heterocycles. The second-order valence-corrected chi connectivity index (χ2v) is 7.84. The summed E-state index contributed by atoms with van der Waals surface area (Å²) in [7, 11) is -1.83. The second-order valence-electron chi connectivity index (χ2n) is 5.82. The van der Waals surface area contributed by atoms with Crippen LogP contribution in [0.25, 0.3) is 11.1 Å². The zero-order valence-electron chi connectivity index (χ0n) is 13.5. The number of methoxy groups -OCH3 is 1. The zero-order valence-corrected chi connectivity index (χ0v) is 14.4. The van der Waals surface area contributed by atoms with E-state index in [1.165, 1.54) is 19.4 Å². The summed E-state index contributed by atoms with van der Waals surface area (Å²) in [4.78, 5) is 4.30. The van der Waals surface area contributed by atoms with E-state index in [0.29, 0.717) is 4.90 Å². The maximum Gasteiger partial charge on any atom is 0.250 e. The van der Waals surface area contributed by atoms with Gasteiger partial charge in [-0.3, -0.25) is 0 Å². The summed E-state index contributed by atoms with van der Waals surface area (Å²) in [5.41, 5.74) is 3.87. The number of halogens is 1. The van der Waals surface area contributed by atoms with E-state index in [9.17, 15) is 12.8 Å². The summed E-state index contributed by atoms with van der Waals surface area (Å²) < 4.78 is 42.0. The fraction of sp³-hybridized carbons (Fsp3) is 0.278. The van der Waals surface area contributed by atoms with Gasteiger partial charge in [0.05, 0.1) is 12.0 Å². The molecule has 0 N–H and O–H groups in total. The number of rotatable bonds is 4. The molecule has 126 valence electrons. The Morgan fingerprint density at radius 1 is 1.08 bits per heavy atom. The molecule has 0 amide bonds. The summed E-state index contributed by atoms with van der Waals surface area (Å²) in [5, 5.41) is 0. The predicted molar refractivity (Wildman–Crippen MR) is 91.0 cm³/mol. The molecule has 0 saturated carbocycles. The van der Waals surface area contributed by atoms with E-state index in [0.717, 1.165) is 41.5 Å². The first-order valence-corrected chi connectivity index (χ1v) is 9.51. The fourth-order valence-electron chi connectivity index (χ4n) is 3.02. The Morgan fingerprint density at radius 3 is 2.25 bits per heavy atom. The first-order valence-electron chi connectivity index (χ1n) is 7.62. The van der Waals surface area contributed by atoms with Crippen LogP contribution in [0.2, 0.25) is 0 Å². The van der Waals surface area contributed by atoms with Crippen LogP contribution in [0.5, 0.6) is 5.88 Å². The maximum absolute atomic E-state index is 13.9. The van der Waals surface area contributed by atoms with Gasteiger partial charge in [0.1, 0.15) is 0 Å². The van der Waals surface area contributed by atoms with Gasteiger partial charge in [-0.15, -0.1) is 0 Å².